The van der Waals surface area contributed by atoms with Crippen LogP contribution < -0.4 is 33.2 Å². The molecule has 0 aromatic carbocycles. The van der Waals surface area contributed by atoms with E-state index in [1.165, 1.54) is 11.8 Å². The summed E-state index contributed by atoms with van der Waals surface area (Å²) >= 11 is 1.42. The molecule has 0 fully saturated rings. The maximum absolute atomic E-state index is 12.4. The highest BCUT2D eigenvalue weighted by Crippen LogP contribution is 2.03. The number of thioether (sulfide) groups is 1. The summed E-state index contributed by atoms with van der Waals surface area (Å²) in [5.41, 5.74) is 16.2. The number of carboxylic acids is 2. The second-order valence-corrected chi connectivity index (χ2v) is 7.99. The van der Waals surface area contributed by atoms with E-state index in [1.807, 2.05) is 0 Å². The topological polar surface area (TPSA) is 252 Å². The van der Waals surface area contributed by atoms with Crippen molar-refractivity contribution >= 4 is 47.4 Å². The predicted octanol–water partition coefficient (Wildman–Crippen LogP) is -2.84. The molecule has 0 saturated heterocycles. The fraction of sp³-hybridized carbons (Fsp3) is 0.667. The molecule has 14 nitrogen and oxygen atoms in total. The van der Waals surface area contributed by atoms with Crippen molar-refractivity contribution in [2.45, 2.75) is 50.2 Å². The number of amides is 3. The van der Waals surface area contributed by atoms with Crippen molar-refractivity contribution in [2.75, 3.05) is 25.1 Å². The van der Waals surface area contributed by atoms with E-state index < -0.39 is 60.8 Å². The number of aliphatic imine (C=N–C) groups is 1. The first kappa shape index (κ1) is 29.9. The first-order valence-electron chi connectivity index (χ1n) is 10.1. The summed E-state index contributed by atoms with van der Waals surface area (Å²) in [5, 5.41) is 25.0. The Labute approximate surface area is 195 Å². The van der Waals surface area contributed by atoms with Crippen molar-refractivity contribution in [3.8, 4) is 0 Å². The molecule has 0 aliphatic heterocycles. The number of nitrogens with zero attached hydrogens (tertiary/aromatic N) is 1. The highest BCUT2D eigenvalue weighted by Gasteiger charge is 2.25. The highest BCUT2D eigenvalue weighted by atomic mass is 32.2. The molecule has 0 aromatic heterocycles. The minimum absolute atomic E-state index is 0.0959. The molecule has 0 rings (SSSR count). The smallest absolute Gasteiger partial charge is 0.326 e. The number of aliphatic carboxylic acids is 2. The number of carbonyl (C=O) groups is 5. The number of rotatable bonds is 17. The lowest BCUT2D eigenvalue weighted by Gasteiger charge is -2.20. The first-order chi connectivity index (χ1) is 15.5. The van der Waals surface area contributed by atoms with Gasteiger partial charge in [-0.15, -0.1) is 0 Å². The average molecular weight is 492 g/mol. The minimum Gasteiger partial charge on any atom is -0.481 e. The van der Waals surface area contributed by atoms with Gasteiger partial charge in [-0.1, -0.05) is 0 Å². The Kier molecular flexibility index (Phi) is 15.0. The van der Waals surface area contributed by atoms with Gasteiger partial charge < -0.3 is 43.4 Å². The fourth-order valence-electron chi connectivity index (χ4n) is 2.49. The molecule has 0 spiro atoms. The van der Waals surface area contributed by atoms with Crippen molar-refractivity contribution in [1.29, 1.82) is 0 Å². The number of hydrogen-bond acceptors (Lipinski definition) is 8. The fourth-order valence-corrected chi connectivity index (χ4v) is 2.97. The largest absolute Gasteiger partial charge is 0.481 e. The van der Waals surface area contributed by atoms with Crippen LogP contribution in [0.15, 0.2) is 4.99 Å². The van der Waals surface area contributed by atoms with E-state index in [0.29, 0.717) is 12.2 Å². The molecule has 0 aromatic rings. The molecule has 188 valence electrons. The molecule has 3 atom stereocenters. The van der Waals surface area contributed by atoms with Crippen molar-refractivity contribution in [2.24, 2.45) is 22.2 Å². The molecule has 33 heavy (non-hydrogen) atoms. The van der Waals surface area contributed by atoms with Gasteiger partial charge in [-0.2, -0.15) is 11.8 Å². The van der Waals surface area contributed by atoms with Gasteiger partial charge >= 0.3 is 11.9 Å². The van der Waals surface area contributed by atoms with Crippen molar-refractivity contribution in [3.05, 3.63) is 0 Å². The lowest BCUT2D eigenvalue weighted by atomic mass is 10.1. The normalized spacial score (nSPS) is 13.2. The number of nitrogens with two attached hydrogens (primary N) is 3. The third-order valence-corrected chi connectivity index (χ3v) is 4.90. The number of nitrogens with one attached hydrogen (secondary N) is 3. The lowest BCUT2D eigenvalue weighted by molar-refractivity contribution is -0.141. The molecule has 0 radical (unpaired) electrons. The Morgan fingerprint density at radius 2 is 1.64 bits per heavy atom. The summed E-state index contributed by atoms with van der Waals surface area (Å²) in [5.74, 6) is -4.19. The molecule has 11 N–H and O–H groups in total. The maximum atomic E-state index is 12.4. The van der Waals surface area contributed by atoms with Crippen molar-refractivity contribution < 1.29 is 34.2 Å². The lowest BCUT2D eigenvalue weighted by Crippen LogP contribution is -2.53. The molecule has 3 unspecified atom stereocenters. The van der Waals surface area contributed by atoms with E-state index in [4.69, 9.17) is 27.4 Å². The average Bonchev–Trinajstić information content (AvgIpc) is 2.74. The van der Waals surface area contributed by atoms with Gasteiger partial charge in [0.25, 0.3) is 0 Å². The molecule has 0 aliphatic carbocycles. The van der Waals surface area contributed by atoms with Crippen LogP contribution in [0.25, 0.3) is 0 Å². The second kappa shape index (κ2) is 16.5. The third-order valence-electron chi connectivity index (χ3n) is 4.25. The predicted molar refractivity (Wildman–Crippen MR) is 122 cm³/mol. The summed E-state index contributed by atoms with van der Waals surface area (Å²) in [6.07, 6.45) is 1.96. The quantitative estimate of drug-likeness (QED) is 0.0584. The van der Waals surface area contributed by atoms with Gasteiger partial charge in [0.15, 0.2) is 5.96 Å². The molecule has 3 amide bonds. The summed E-state index contributed by atoms with van der Waals surface area (Å²) in [4.78, 5) is 62.6. The number of carboxylic acid groups (broad SMARTS) is 2. The monoisotopic (exact) mass is 491 g/mol. The van der Waals surface area contributed by atoms with Gasteiger partial charge in [0.1, 0.15) is 12.1 Å². The van der Waals surface area contributed by atoms with Gasteiger partial charge in [0.05, 0.1) is 12.6 Å². The molecule has 15 heteroatoms. The SMILES string of the molecule is CSCCC(NC(=O)CNC(=O)C(CCC(=O)O)NC(=O)C(N)CCCN=C(N)N)C(=O)O. The Morgan fingerprint density at radius 1 is 0.970 bits per heavy atom. The van der Waals surface area contributed by atoms with E-state index in [2.05, 4.69) is 20.9 Å². The zero-order valence-corrected chi connectivity index (χ0v) is 19.2. The van der Waals surface area contributed by atoms with Crippen LogP contribution in [0.5, 0.6) is 0 Å². The van der Waals surface area contributed by atoms with Crippen LogP contribution in [0.3, 0.4) is 0 Å². The van der Waals surface area contributed by atoms with Gasteiger partial charge in [-0.05, 0) is 37.7 Å². The van der Waals surface area contributed by atoms with Crippen LogP contribution in [-0.4, -0.2) is 89.1 Å². The molecule has 0 aliphatic rings. The summed E-state index contributed by atoms with van der Waals surface area (Å²) in [6.45, 7) is -0.290. The standard InChI is InChI=1S/C18H33N7O7S/c1-33-8-6-12(17(31)32)24-13(26)9-23-16(30)11(4-5-14(27)28)25-15(29)10(19)3-2-7-22-18(20)21/h10-12H,2-9,19H2,1H3,(H,23,30)(H,24,26)(H,25,29)(H,27,28)(H,31,32)(H4,20,21,22). The first-order valence-corrected chi connectivity index (χ1v) is 11.5. The second-order valence-electron chi connectivity index (χ2n) is 7.01. The van der Waals surface area contributed by atoms with Crippen LogP contribution in [0.1, 0.15) is 32.1 Å². The summed E-state index contributed by atoms with van der Waals surface area (Å²) in [6, 6.07) is -3.35. The Balaban J connectivity index is 4.85. The Bertz CT molecular complexity index is 716. The van der Waals surface area contributed by atoms with Gasteiger partial charge in [0, 0.05) is 13.0 Å². The van der Waals surface area contributed by atoms with Crippen LogP contribution in [0, 0.1) is 0 Å². The minimum atomic E-state index is -1.25. The molecular weight excluding hydrogens is 458 g/mol. The van der Waals surface area contributed by atoms with E-state index in [9.17, 15) is 24.0 Å². The van der Waals surface area contributed by atoms with Crippen LogP contribution in [0.4, 0.5) is 0 Å². The zero-order valence-electron chi connectivity index (χ0n) is 18.4. The van der Waals surface area contributed by atoms with Gasteiger partial charge in [-0.25, -0.2) is 4.79 Å². The molecule has 0 bridgehead atoms. The maximum Gasteiger partial charge on any atom is 0.326 e. The Morgan fingerprint density at radius 3 is 2.18 bits per heavy atom. The van der Waals surface area contributed by atoms with Crippen LogP contribution >= 0.6 is 11.8 Å². The van der Waals surface area contributed by atoms with Crippen molar-refractivity contribution in [1.82, 2.24) is 16.0 Å². The van der Waals surface area contributed by atoms with Crippen LogP contribution in [0.2, 0.25) is 0 Å². The molecule has 0 heterocycles. The van der Waals surface area contributed by atoms with Crippen molar-refractivity contribution in [3.63, 3.8) is 0 Å². The van der Waals surface area contributed by atoms with E-state index in [1.54, 1.807) is 6.26 Å². The third kappa shape index (κ3) is 14.6. The van der Waals surface area contributed by atoms with Gasteiger partial charge in [-0.3, -0.25) is 24.2 Å². The number of carbonyl (C=O) groups excluding carboxylic acids is 3. The van der Waals surface area contributed by atoms with E-state index in [0.717, 1.165) is 0 Å². The summed E-state index contributed by atoms with van der Waals surface area (Å²) in [7, 11) is 0. The molecule has 0 saturated carbocycles. The van der Waals surface area contributed by atoms with E-state index >= 15 is 0 Å². The Hall–Kier alpha value is -3.07. The molecular formula is C18H33N7O7S. The number of guanidine groups is 1. The van der Waals surface area contributed by atoms with E-state index in [-0.39, 0.29) is 31.8 Å². The van der Waals surface area contributed by atoms with Crippen LogP contribution in [-0.2, 0) is 24.0 Å². The summed E-state index contributed by atoms with van der Waals surface area (Å²) < 4.78 is 0. The van der Waals surface area contributed by atoms with Gasteiger partial charge in [0.2, 0.25) is 17.7 Å². The zero-order chi connectivity index (χ0) is 25.4. The highest BCUT2D eigenvalue weighted by molar-refractivity contribution is 7.98. The number of hydrogen-bond donors (Lipinski definition) is 8.